The number of benzene rings is 1. The highest BCUT2D eigenvalue weighted by Gasteiger charge is 2.30. The van der Waals surface area contributed by atoms with E-state index >= 15 is 0 Å². The molecule has 0 saturated carbocycles. The molecule has 0 unspecified atom stereocenters. The quantitative estimate of drug-likeness (QED) is 0.671. The molecule has 0 aromatic heterocycles. The van der Waals surface area contributed by atoms with Crippen molar-refractivity contribution in [2.45, 2.75) is 6.92 Å². The predicted octanol–water partition coefficient (Wildman–Crippen LogP) is 1.56. The number of hydrogen-bond donors (Lipinski definition) is 0. The van der Waals surface area contributed by atoms with Gasteiger partial charge in [0.2, 0.25) is 5.91 Å². The predicted molar refractivity (Wildman–Crippen MR) is 63.9 cm³/mol. The van der Waals surface area contributed by atoms with E-state index in [2.05, 4.69) is 0 Å². The number of amides is 1. The van der Waals surface area contributed by atoms with Crippen molar-refractivity contribution >= 4 is 28.9 Å². The van der Waals surface area contributed by atoms with Crippen molar-refractivity contribution in [3.8, 4) is 0 Å². The summed E-state index contributed by atoms with van der Waals surface area (Å²) in [5.74, 6) is 0.0422. The standard InChI is InChI=1S/C11H12N2OS/c1-8-3-5-9(6-4-8)13-7-10(14)12(2)11(13)15/h3-6H,7H2,1-2H3. The van der Waals surface area contributed by atoms with Crippen molar-refractivity contribution in [2.24, 2.45) is 0 Å². The summed E-state index contributed by atoms with van der Waals surface area (Å²) in [5, 5.41) is 0.573. The van der Waals surface area contributed by atoms with Gasteiger partial charge < -0.3 is 4.90 Å². The van der Waals surface area contributed by atoms with Crippen LogP contribution in [0.2, 0.25) is 0 Å². The molecule has 4 heteroatoms. The first-order valence-corrected chi connectivity index (χ1v) is 5.15. The van der Waals surface area contributed by atoms with Crippen molar-refractivity contribution in [2.75, 3.05) is 18.5 Å². The number of likely N-dealkylation sites (N-methyl/N-ethyl adjacent to an activating group) is 1. The average Bonchev–Trinajstić information content (AvgIpc) is 2.47. The lowest BCUT2D eigenvalue weighted by molar-refractivity contribution is -0.123. The smallest absolute Gasteiger partial charge is 0.248 e. The number of anilines is 1. The molecule has 0 spiro atoms. The van der Waals surface area contributed by atoms with Crippen LogP contribution < -0.4 is 4.90 Å². The largest absolute Gasteiger partial charge is 0.309 e. The summed E-state index contributed by atoms with van der Waals surface area (Å²) in [6.07, 6.45) is 0. The number of aryl methyl sites for hydroxylation is 1. The topological polar surface area (TPSA) is 23.6 Å². The first-order valence-electron chi connectivity index (χ1n) is 4.74. The van der Waals surface area contributed by atoms with Crippen LogP contribution in [-0.2, 0) is 4.79 Å². The van der Waals surface area contributed by atoms with Crippen molar-refractivity contribution in [3.63, 3.8) is 0 Å². The molecule has 1 heterocycles. The maximum atomic E-state index is 11.4. The van der Waals surface area contributed by atoms with Crippen molar-refractivity contribution in [1.82, 2.24) is 4.90 Å². The fraction of sp³-hybridized carbons (Fsp3) is 0.273. The third-order valence-corrected chi connectivity index (χ3v) is 3.03. The first kappa shape index (κ1) is 10.1. The van der Waals surface area contributed by atoms with Gasteiger partial charge >= 0.3 is 0 Å². The van der Waals surface area contributed by atoms with Gasteiger partial charge in [-0.1, -0.05) is 17.7 Å². The van der Waals surface area contributed by atoms with Crippen molar-refractivity contribution in [1.29, 1.82) is 0 Å². The molecule has 78 valence electrons. The molecule has 0 aliphatic carbocycles. The Hall–Kier alpha value is -1.42. The summed E-state index contributed by atoms with van der Waals surface area (Å²) in [6, 6.07) is 7.99. The number of rotatable bonds is 1. The minimum Gasteiger partial charge on any atom is -0.309 e. The Kier molecular flexibility index (Phi) is 2.44. The zero-order valence-corrected chi connectivity index (χ0v) is 9.54. The van der Waals surface area contributed by atoms with E-state index in [9.17, 15) is 4.79 Å². The van der Waals surface area contributed by atoms with E-state index in [0.717, 1.165) is 5.69 Å². The molecule has 2 rings (SSSR count). The summed E-state index contributed by atoms with van der Waals surface area (Å²) in [5.41, 5.74) is 2.17. The van der Waals surface area contributed by atoms with Gasteiger partial charge in [0.1, 0.15) is 6.54 Å². The molecule has 1 amide bonds. The van der Waals surface area contributed by atoms with Gasteiger partial charge in [0.05, 0.1) is 0 Å². The first-order chi connectivity index (χ1) is 7.09. The summed E-state index contributed by atoms with van der Waals surface area (Å²) in [7, 11) is 1.71. The van der Waals surface area contributed by atoms with Crippen LogP contribution >= 0.6 is 12.2 Å². The molecule has 3 nitrogen and oxygen atoms in total. The minimum atomic E-state index is 0.0422. The van der Waals surface area contributed by atoms with E-state index in [-0.39, 0.29) is 5.91 Å². The Morgan fingerprint density at radius 1 is 1.27 bits per heavy atom. The van der Waals surface area contributed by atoms with Crippen LogP contribution in [0.5, 0.6) is 0 Å². The maximum absolute atomic E-state index is 11.4. The van der Waals surface area contributed by atoms with Crippen LogP contribution in [0.1, 0.15) is 5.56 Å². The molecule has 1 aromatic rings. The van der Waals surface area contributed by atoms with E-state index in [1.165, 1.54) is 10.5 Å². The fourth-order valence-electron chi connectivity index (χ4n) is 1.52. The number of thiocarbonyl (C=S) groups is 1. The maximum Gasteiger partial charge on any atom is 0.248 e. The molecule has 15 heavy (non-hydrogen) atoms. The molecule has 0 atom stereocenters. The van der Waals surface area contributed by atoms with Gasteiger partial charge in [-0.25, -0.2) is 0 Å². The van der Waals surface area contributed by atoms with Gasteiger partial charge in [-0.05, 0) is 31.3 Å². The lowest BCUT2D eigenvalue weighted by Gasteiger charge is -2.17. The molecule has 1 saturated heterocycles. The second-order valence-electron chi connectivity index (χ2n) is 3.66. The van der Waals surface area contributed by atoms with Crippen LogP contribution in [0.3, 0.4) is 0 Å². The van der Waals surface area contributed by atoms with Crippen LogP contribution in [0.15, 0.2) is 24.3 Å². The van der Waals surface area contributed by atoms with E-state index < -0.39 is 0 Å². The van der Waals surface area contributed by atoms with Gasteiger partial charge in [-0.2, -0.15) is 0 Å². The summed E-state index contributed by atoms with van der Waals surface area (Å²) < 4.78 is 0. The van der Waals surface area contributed by atoms with Crippen molar-refractivity contribution < 1.29 is 4.79 Å². The zero-order chi connectivity index (χ0) is 11.0. The average molecular weight is 220 g/mol. The molecule has 1 fully saturated rings. The third-order valence-electron chi connectivity index (χ3n) is 2.53. The van der Waals surface area contributed by atoms with Gasteiger partial charge in [0, 0.05) is 12.7 Å². The van der Waals surface area contributed by atoms with Crippen LogP contribution in [0, 0.1) is 6.92 Å². The Labute approximate surface area is 94.3 Å². The summed E-state index contributed by atoms with van der Waals surface area (Å²) in [4.78, 5) is 14.8. The van der Waals surface area contributed by atoms with Gasteiger partial charge in [0.25, 0.3) is 0 Å². The van der Waals surface area contributed by atoms with Crippen molar-refractivity contribution in [3.05, 3.63) is 29.8 Å². The van der Waals surface area contributed by atoms with Crippen LogP contribution in [0.4, 0.5) is 5.69 Å². The molecular formula is C11H12N2OS. The summed E-state index contributed by atoms with van der Waals surface area (Å²) in [6.45, 7) is 2.38. The Balaban J connectivity index is 2.29. The minimum absolute atomic E-state index is 0.0422. The van der Waals surface area contributed by atoms with E-state index in [4.69, 9.17) is 12.2 Å². The summed E-state index contributed by atoms with van der Waals surface area (Å²) >= 11 is 5.19. The van der Waals surface area contributed by atoms with Crippen LogP contribution in [-0.4, -0.2) is 29.5 Å². The molecular weight excluding hydrogens is 208 g/mol. The Morgan fingerprint density at radius 2 is 1.87 bits per heavy atom. The number of nitrogens with zero attached hydrogens (tertiary/aromatic N) is 2. The Bertz CT molecular complexity index is 413. The molecule has 0 bridgehead atoms. The molecule has 1 aromatic carbocycles. The highest BCUT2D eigenvalue weighted by atomic mass is 32.1. The van der Waals surface area contributed by atoms with E-state index in [1.807, 2.05) is 36.1 Å². The number of hydrogen-bond acceptors (Lipinski definition) is 2. The van der Waals surface area contributed by atoms with Gasteiger partial charge in [-0.3, -0.25) is 9.69 Å². The fourth-order valence-corrected chi connectivity index (χ4v) is 1.79. The second kappa shape index (κ2) is 3.62. The van der Waals surface area contributed by atoms with Gasteiger partial charge in [0.15, 0.2) is 5.11 Å². The lowest BCUT2D eigenvalue weighted by Crippen LogP contribution is -2.29. The normalized spacial score (nSPS) is 16.4. The second-order valence-corrected chi connectivity index (χ2v) is 4.02. The molecule has 0 N–H and O–H groups in total. The zero-order valence-electron chi connectivity index (χ0n) is 8.73. The molecule has 0 radical (unpaired) electrons. The molecule has 1 aliphatic heterocycles. The van der Waals surface area contributed by atoms with Gasteiger partial charge in [-0.15, -0.1) is 0 Å². The van der Waals surface area contributed by atoms with E-state index in [1.54, 1.807) is 7.05 Å². The molecule has 1 aliphatic rings. The highest BCUT2D eigenvalue weighted by Crippen LogP contribution is 2.20. The van der Waals surface area contributed by atoms with E-state index in [0.29, 0.717) is 11.7 Å². The third kappa shape index (κ3) is 1.72. The number of carbonyl (C=O) groups excluding carboxylic acids is 1. The Morgan fingerprint density at radius 3 is 2.33 bits per heavy atom. The van der Waals surface area contributed by atoms with Crippen LogP contribution in [0.25, 0.3) is 0 Å². The monoisotopic (exact) mass is 220 g/mol. The SMILES string of the molecule is Cc1ccc(N2CC(=O)N(C)C2=S)cc1. The number of carbonyl (C=O) groups is 1. The lowest BCUT2D eigenvalue weighted by atomic mass is 10.2. The highest BCUT2D eigenvalue weighted by molar-refractivity contribution is 7.80.